The molecule has 0 aromatic carbocycles. The molecule has 0 spiro atoms. The van der Waals surface area contributed by atoms with E-state index >= 15 is 0 Å². The Hall–Kier alpha value is -1.28. The van der Waals surface area contributed by atoms with E-state index in [0.717, 1.165) is 5.56 Å². The zero-order valence-electron chi connectivity index (χ0n) is 10.3. The van der Waals surface area contributed by atoms with Crippen molar-refractivity contribution in [2.75, 3.05) is 0 Å². The smallest absolute Gasteiger partial charge is 0.242 e. The maximum Gasteiger partial charge on any atom is 0.242 e. The quantitative estimate of drug-likeness (QED) is 0.875. The average Bonchev–Trinajstić information content (AvgIpc) is 2.80. The van der Waals surface area contributed by atoms with E-state index in [1.807, 2.05) is 0 Å². The van der Waals surface area contributed by atoms with Crippen molar-refractivity contribution in [1.29, 1.82) is 0 Å². The highest BCUT2D eigenvalue weighted by molar-refractivity contribution is 7.89. The van der Waals surface area contributed by atoms with E-state index in [9.17, 15) is 13.5 Å². The standard InChI is InChI=1S/C12H14N2O3S2/c1-9-8-18-11(7-15)12(9)19(16,17)14-6-10-2-4-13-5-3-10/h2-5,8,14-15H,6-7H2,1H3. The van der Waals surface area contributed by atoms with Crippen molar-refractivity contribution >= 4 is 21.4 Å². The van der Waals surface area contributed by atoms with Crippen LogP contribution >= 0.6 is 11.3 Å². The van der Waals surface area contributed by atoms with Crippen LogP contribution in [0.2, 0.25) is 0 Å². The first kappa shape index (κ1) is 14.1. The van der Waals surface area contributed by atoms with Crippen molar-refractivity contribution in [3.05, 3.63) is 45.9 Å². The molecule has 102 valence electrons. The van der Waals surface area contributed by atoms with Crippen LogP contribution in [0.25, 0.3) is 0 Å². The van der Waals surface area contributed by atoms with Gasteiger partial charge in [-0.1, -0.05) is 0 Å². The number of rotatable bonds is 5. The van der Waals surface area contributed by atoms with Gasteiger partial charge in [-0.2, -0.15) is 0 Å². The lowest BCUT2D eigenvalue weighted by molar-refractivity contribution is 0.282. The van der Waals surface area contributed by atoms with Gasteiger partial charge >= 0.3 is 0 Å². The molecule has 2 rings (SSSR count). The maximum atomic E-state index is 12.2. The summed E-state index contributed by atoms with van der Waals surface area (Å²) < 4.78 is 27.0. The predicted molar refractivity (Wildman–Crippen MR) is 73.2 cm³/mol. The fourth-order valence-electron chi connectivity index (χ4n) is 1.71. The third-order valence-corrected chi connectivity index (χ3v) is 5.47. The van der Waals surface area contributed by atoms with Gasteiger partial charge in [0, 0.05) is 18.9 Å². The molecule has 2 heterocycles. The second-order valence-electron chi connectivity index (χ2n) is 4.01. The Morgan fingerprint density at radius 2 is 2.05 bits per heavy atom. The molecule has 0 bridgehead atoms. The van der Waals surface area contributed by atoms with Crippen LogP contribution in [0, 0.1) is 6.92 Å². The van der Waals surface area contributed by atoms with Crippen molar-refractivity contribution in [2.24, 2.45) is 0 Å². The van der Waals surface area contributed by atoms with Crippen molar-refractivity contribution in [2.45, 2.75) is 25.0 Å². The molecular weight excluding hydrogens is 284 g/mol. The molecular formula is C12H14N2O3S2. The largest absolute Gasteiger partial charge is 0.391 e. The van der Waals surface area contributed by atoms with Gasteiger partial charge in [0.2, 0.25) is 10.0 Å². The molecule has 19 heavy (non-hydrogen) atoms. The summed E-state index contributed by atoms with van der Waals surface area (Å²) in [5.41, 5.74) is 1.48. The summed E-state index contributed by atoms with van der Waals surface area (Å²) in [6.45, 7) is 1.64. The first-order chi connectivity index (χ1) is 9.04. The van der Waals surface area contributed by atoms with Gasteiger partial charge in [-0.05, 0) is 35.6 Å². The Labute approximate surface area is 116 Å². The minimum Gasteiger partial charge on any atom is -0.391 e. The van der Waals surface area contributed by atoms with Crippen LogP contribution < -0.4 is 4.72 Å². The summed E-state index contributed by atoms with van der Waals surface area (Å²) >= 11 is 1.25. The predicted octanol–water partition coefficient (Wildman–Crippen LogP) is 1.42. The number of hydrogen-bond acceptors (Lipinski definition) is 5. The van der Waals surface area contributed by atoms with E-state index in [-0.39, 0.29) is 18.0 Å². The van der Waals surface area contributed by atoms with Gasteiger partial charge in [0.25, 0.3) is 0 Å². The van der Waals surface area contributed by atoms with Gasteiger partial charge in [0.1, 0.15) is 4.90 Å². The third-order valence-electron chi connectivity index (χ3n) is 2.62. The molecule has 0 atom stereocenters. The molecule has 0 aliphatic heterocycles. The van der Waals surface area contributed by atoms with Crippen LogP contribution in [0.5, 0.6) is 0 Å². The summed E-state index contributed by atoms with van der Waals surface area (Å²) in [4.78, 5) is 4.52. The van der Waals surface area contributed by atoms with Crippen LogP contribution in [-0.4, -0.2) is 18.5 Å². The second kappa shape index (κ2) is 5.79. The van der Waals surface area contributed by atoms with Crippen molar-refractivity contribution < 1.29 is 13.5 Å². The average molecular weight is 298 g/mol. The minimum atomic E-state index is -3.61. The molecule has 5 nitrogen and oxygen atoms in total. The number of aliphatic hydroxyl groups is 1. The Morgan fingerprint density at radius 3 is 2.68 bits per heavy atom. The molecule has 0 aliphatic rings. The number of aromatic nitrogens is 1. The first-order valence-corrected chi connectivity index (χ1v) is 7.97. The SMILES string of the molecule is Cc1csc(CO)c1S(=O)(=O)NCc1ccncc1. The molecule has 0 saturated carbocycles. The van der Waals surface area contributed by atoms with Crippen LogP contribution in [0.4, 0.5) is 0 Å². The minimum absolute atomic E-state index is 0.189. The Bertz CT molecular complexity index is 651. The fraction of sp³-hybridized carbons (Fsp3) is 0.250. The monoisotopic (exact) mass is 298 g/mol. The normalized spacial score (nSPS) is 11.7. The molecule has 2 aromatic heterocycles. The lowest BCUT2D eigenvalue weighted by Crippen LogP contribution is -2.24. The summed E-state index contributed by atoms with van der Waals surface area (Å²) in [5.74, 6) is 0. The molecule has 0 amide bonds. The summed E-state index contributed by atoms with van der Waals surface area (Å²) in [6.07, 6.45) is 3.22. The number of thiophene rings is 1. The molecule has 0 saturated heterocycles. The number of aliphatic hydroxyl groups excluding tert-OH is 1. The van der Waals surface area contributed by atoms with E-state index in [4.69, 9.17) is 0 Å². The molecule has 2 aromatic rings. The molecule has 0 fully saturated rings. The van der Waals surface area contributed by atoms with Gasteiger partial charge in [-0.25, -0.2) is 13.1 Å². The van der Waals surface area contributed by atoms with E-state index in [0.29, 0.717) is 10.4 Å². The van der Waals surface area contributed by atoms with Gasteiger partial charge in [-0.15, -0.1) is 11.3 Å². The molecule has 0 radical (unpaired) electrons. The van der Waals surface area contributed by atoms with E-state index in [2.05, 4.69) is 9.71 Å². The van der Waals surface area contributed by atoms with Crippen LogP contribution in [0.15, 0.2) is 34.8 Å². The Morgan fingerprint density at radius 1 is 1.37 bits per heavy atom. The number of aryl methyl sites for hydroxylation is 1. The topological polar surface area (TPSA) is 79.3 Å². The maximum absolute atomic E-state index is 12.2. The highest BCUT2D eigenvalue weighted by atomic mass is 32.2. The Balaban J connectivity index is 2.21. The first-order valence-electron chi connectivity index (χ1n) is 5.61. The van der Waals surface area contributed by atoms with Crippen molar-refractivity contribution in [3.8, 4) is 0 Å². The lowest BCUT2D eigenvalue weighted by atomic mass is 10.3. The van der Waals surface area contributed by atoms with Crippen LogP contribution in [-0.2, 0) is 23.2 Å². The number of hydrogen-bond donors (Lipinski definition) is 2. The number of nitrogens with one attached hydrogen (secondary N) is 1. The highest BCUT2D eigenvalue weighted by Gasteiger charge is 2.22. The van der Waals surface area contributed by atoms with Crippen molar-refractivity contribution in [1.82, 2.24) is 9.71 Å². The van der Waals surface area contributed by atoms with Gasteiger partial charge in [0.15, 0.2) is 0 Å². The second-order valence-corrected chi connectivity index (χ2v) is 6.68. The zero-order chi connectivity index (χ0) is 13.9. The molecule has 7 heteroatoms. The van der Waals surface area contributed by atoms with Gasteiger partial charge < -0.3 is 5.11 Å². The zero-order valence-corrected chi connectivity index (χ0v) is 12.0. The summed E-state index contributed by atoms with van der Waals surface area (Å²) in [7, 11) is -3.61. The molecule has 0 unspecified atom stereocenters. The van der Waals surface area contributed by atoms with E-state index in [1.165, 1.54) is 11.3 Å². The molecule has 2 N–H and O–H groups in total. The summed E-state index contributed by atoms with van der Waals surface area (Å²) in [5, 5.41) is 10.9. The van der Waals surface area contributed by atoms with Crippen LogP contribution in [0.1, 0.15) is 16.0 Å². The van der Waals surface area contributed by atoms with Crippen LogP contribution in [0.3, 0.4) is 0 Å². The van der Waals surface area contributed by atoms with Gasteiger partial charge in [-0.3, -0.25) is 4.98 Å². The summed E-state index contributed by atoms with van der Waals surface area (Å²) in [6, 6.07) is 3.49. The van der Waals surface area contributed by atoms with Crippen molar-refractivity contribution in [3.63, 3.8) is 0 Å². The number of pyridine rings is 1. The number of sulfonamides is 1. The number of nitrogens with zero attached hydrogens (tertiary/aromatic N) is 1. The highest BCUT2D eigenvalue weighted by Crippen LogP contribution is 2.26. The Kier molecular flexibility index (Phi) is 4.31. The third kappa shape index (κ3) is 3.19. The lowest BCUT2D eigenvalue weighted by Gasteiger charge is -2.08. The van der Waals surface area contributed by atoms with E-state index in [1.54, 1.807) is 36.8 Å². The fourth-order valence-corrected chi connectivity index (χ4v) is 4.38. The van der Waals surface area contributed by atoms with E-state index < -0.39 is 10.0 Å². The van der Waals surface area contributed by atoms with Gasteiger partial charge in [0.05, 0.1) is 11.5 Å². The molecule has 0 aliphatic carbocycles.